The fourth-order valence-electron chi connectivity index (χ4n) is 3.48. The van der Waals surface area contributed by atoms with Gasteiger partial charge in [0.25, 0.3) is 5.69 Å². The molecule has 3 heteroatoms. The first kappa shape index (κ1) is 20.8. The van der Waals surface area contributed by atoms with E-state index in [4.69, 9.17) is 0 Å². The van der Waals surface area contributed by atoms with Gasteiger partial charge in [0, 0.05) is 30.7 Å². The molecular weight excluding hydrogens is 356 g/mol. The van der Waals surface area contributed by atoms with Crippen LogP contribution in [-0.2, 0) is 6.54 Å². The number of unbranched alkanes of at least 4 members (excludes halogenated alkanes) is 2. The van der Waals surface area contributed by atoms with E-state index >= 15 is 0 Å². The zero-order valence-corrected chi connectivity index (χ0v) is 17.5. The molecule has 0 atom stereocenters. The van der Waals surface area contributed by atoms with Gasteiger partial charge in [-0.15, -0.1) is 0 Å². The van der Waals surface area contributed by atoms with Gasteiger partial charge < -0.3 is 5.32 Å². The van der Waals surface area contributed by atoms with Crippen molar-refractivity contribution in [1.82, 2.24) is 5.32 Å². The Balaban J connectivity index is 2.15. The third-order valence-corrected chi connectivity index (χ3v) is 5.13. The molecule has 29 heavy (non-hydrogen) atoms. The minimum atomic E-state index is 0.00418. The van der Waals surface area contributed by atoms with Crippen LogP contribution in [-0.4, -0.2) is 12.5 Å². The molecule has 1 aromatic heterocycles. The van der Waals surface area contributed by atoms with E-state index in [0.717, 1.165) is 60.3 Å². The van der Waals surface area contributed by atoms with Crippen LogP contribution < -0.4 is 9.88 Å². The molecule has 1 N–H and O–H groups in total. The Bertz CT molecular complexity index is 920. The summed E-state index contributed by atoms with van der Waals surface area (Å²) in [7, 11) is 0. The van der Waals surface area contributed by atoms with Gasteiger partial charge in [-0.25, -0.2) is 0 Å². The van der Waals surface area contributed by atoms with Crippen LogP contribution in [0, 0.1) is 0 Å². The number of amides is 1. The number of carbonyl (C=O) groups excluding carboxylic acids is 1. The zero-order valence-electron chi connectivity index (χ0n) is 17.5. The van der Waals surface area contributed by atoms with Crippen LogP contribution in [0.2, 0.25) is 0 Å². The van der Waals surface area contributed by atoms with Gasteiger partial charge in [0.1, 0.15) is 6.54 Å². The maximum absolute atomic E-state index is 13.1. The van der Waals surface area contributed by atoms with Crippen molar-refractivity contribution >= 4 is 5.91 Å². The van der Waals surface area contributed by atoms with Crippen molar-refractivity contribution in [3.63, 3.8) is 0 Å². The highest BCUT2D eigenvalue weighted by Gasteiger charge is 2.25. The van der Waals surface area contributed by atoms with E-state index in [1.54, 1.807) is 0 Å². The predicted molar refractivity (Wildman–Crippen MR) is 120 cm³/mol. The minimum Gasteiger partial charge on any atom is -0.347 e. The van der Waals surface area contributed by atoms with Crippen molar-refractivity contribution in [2.75, 3.05) is 6.54 Å². The number of hydrogen-bond donors (Lipinski definition) is 1. The summed E-state index contributed by atoms with van der Waals surface area (Å²) in [5.41, 5.74) is 5.13. The molecule has 0 saturated carbocycles. The molecule has 150 valence electrons. The number of aromatic nitrogens is 1. The second kappa shape index (κ2) is 10.6. The quantitative estimate of drug-likeness (QED) is 0.374. The van der Waals surface area contributed by atoms with Crippen LogP contribution in [0.15, 0.2) is 72.8 Å². The molecular formula is C26H31N2O+. The number of benzene rings is 2. The average molecular weight is 388 g/mol. The normalized spacial score (nSPS) is 10.7. The Hall–Kier alpha value is -2.94. The second-order valence-corrected chi connectivity index (χ2v) is 7.36. The van der Waals surface area contributed by atoms with E-state index in [1.165, 1.54) is 0 Å². The van der Waals surface area contributed by atoms with Gasteiger partial charge in [0.05, 0.1) is 0 Å². The third kappa shape index (κ3) is 5.32. The minimum absolute atomic E-state index is 0.00418. The smallest absolute Gasteiger partial charge is 0.316 e. The number of nitrogens with one attached hydrogen (secondary N) is 1. The van der Waals surface area contributed by atoms with Crippen LogP contribution >= 0.6 is 0 Å². The van der Waals surface area contributed by atoms with Gasteiger partial charge in [-0.3, -0.25) is 4.79 Å². The molecule has 0 aliphatic rings. The second-order valence-electron chi connectivity index (χ2n) is 7.36. The first-order valence-electron chi connectivity index (χ1n) is 10.7. The van der Waals surface area contributed by atoms with E-state index in [9.17, 15) is 4.79 Å². The lowest BCUT2D eigenvalue weighted by molar-refractivity contribution is -0.688. The Morgan fingerprint density at radius 3 is 2.03 bits per heavy atom. The fourth-order valence-corrected chi connectivity index (χ4v) is 3.48. The maximum atomic E-state index is 13.1. The highest BCUT2D eigenvalue weighted by Crippen LogP contribution is 2.25. The van der Waals surface area contributed by atoms with Gasteiger partial charge in [-0.05, 0) is 29.7 Å². The van der Waals surface area contributed by atoms with E-state index in [-0.39, 0.29) is 5.91 Å². The summed E-state index contributed by atoms with van der Waals surface area (Å²) in [5.74, 6) is 0.00418. The highest BCUT2D eigenvalue weighted by molar-refractivity contribution is 5.92. The van der Waals surface area contributed by atoms with Crippen LogP contribution in [0.1, 0.15) is 50.0 Å². The topological polar surface area (TPSA) is 33.0 Å². The Morgan fingerprint density at radius 2 is 1.41 bits per heavy atom. The molecule has 0 radical (unpaired) electrons. The van der Waals surface area contributed by atoms with Crippen LogP contribution in [0.5, 0.6) is 0 Å². The lowest BCUT2D eigenvalue weighted by Gasteiger charge is -2.12. The fraction of sp³-hybridized carbons (Fsp3) is 0.308. The van der Waals surface area contributed by atoms with E-state index in [2.05, 4.69) is 66.2 Å². The molecule has 0 fully saturated rings. The van der Waals surface area contributed by atoms with E-state index < -0.39 is 0 Å². The summed E-state index contributed by atoms with van der Waals surface area (Å²) in [6.45, 7) is 5.85. The van der Waals surface area contributed by atoms with Gasteiger partial charge >= 0.3 is 5.91 Å². The number of rotatable bonds is 9. The summed E-state index contributed by atoms with van der Waals surface area (Å²) in [4.78, 5) is 13.1. The van der Waals surface area contributed by atoms with Crippen molar-refractivity contribution in [2.45, 2.75) is 46.1 Å². The summed E-state index contributed by atoms with van der Waals surface area (Å²) < 4.78 is 2.19. The van der Waals surface area contributed by atoms with Crippen LogP contribution in [0.25, 0.3) is 22.4 Å². The SMILES string of the molecule is CCCCNC(=O)c1cc(-c2ccccc2)cc(-c2ccccc2)[n+]1CCCC. The summed E-state index contributed by atoms with van der Waals surface area (Å²) in [6, 6.07) is 24.9. The Labute approximate surface area is 174 Å². The number of nitrogens with zero attached hydrogens (tertiary/aromatic N) is 1. The molecule has 0 unspecified atom stereocenters. The summed E-state index contributed by atoms with van der Waals surface area (Å²) in [5, 5.41) is 3.11. The van der Waals surface area contributed by atoms with Gasteiger partial charge in [-0.2, -0.15) is 4.57 Å². The highest BCUT2D eigenvalue weighted by atomic mass is 16.1. The summed E-state index contributed by atoms with van der Waals surface area (Å²) in [6.07, 6.45) is 4.17. The third-order valence-electron chi connectivity index (χ3n) is 5.13. The van der Waals surface area contributed by atoms with Crippen molar-refractivity contribution in [2.24, 2.45) is 0 Å². The first-order chi connectivity index (χ1) is 14.2. The molecule has 0 bridgehead atoms. The number of carbonyl (C=O) groups is 1. The number of pyridine rings is 1. The van der Waals surface area contributed by atoms with E-state index in [1.807, 2.05) is 30.3 Å². The predicted octanol–water partition coefficient (Wildman–Crippen LogP) is 5.64. The lowest BCUT2D eigenvalue weighted by Crippen LogP contribution is -2.46. The van der Waals surface area contributed by atoms with Crippen LogP contribution in [0.3, 0.4) is 0 Å². The van der Waals surface area contributed by atoms with Gasteiger partial charge in [-0.1, -0.05) is 75.2 Å². The molecule has 3 nitrogen and oxygen atoms in total. The van der Waals surface area contributed by atoms with Crippen molar-refractivity contribution in [3.05, 3.63) is 78.5 Å². The average Bonchev–Trinajstić information content (AvgIpc) is 2.78. The number of hydrogen-bond acceptors (Lipinski definition) is 1. The largest absolute Gasteiger partial charge is 0.347 e. The molecule has 0 aliphatic heterocycles. The molecule has 0 saturated heterocycles. The van der Waals surface area contributed by atoms with Gasteiger partial charge in [0.15, 0.2) is 0 Å². The molecule has 1 heterocycles. The van der Waals surface area contributed by atoms with Crippen LogP contribution in [0.4, 0.5) is 0 Å². The molecule has 3 rings (SSSR count). The van der Waals surface area contributed by atoms with Crippen molar-refractivity contribution in [3.8, 4) is 22.4 Å². The molecule has 1 amide bonds. The first-order valence-corrected chi connectivity index (χ1v) is 10.7. The Morgan fingerprint density at radius 1 is 0.793 bits per heavy atom. The lowest BCUT2D eigenvalue weighted by atomic mass is 10.0. The maximum Gasteiger partial charge on any atom is 0.316 e. The summed E-state index contributed by atoms with van der Waals surface area (Å²) >= 11 is 0. The van der Waals surface area contributed by atoms with E-state index in [0.29, 0.717) is 6.54 Å². The zero-order chi connectivity index (χ0) is 20.5. The monoisotopic (exact) mass is 387 g/mol. The van der Waals surface area contributed by atoms with Gasteiger partial charge in [0.2, 0.25) is 5.69 Å². The standard InChI is InChI=1S/C26H30N2O/c1-3-5-17-27-26(29)25-20-23(21-13-9-7-10-14-21)19-24(28(25)18-6-4-2)22-15-11-8-12-16-22/h7-16,19-20H,3-6,17-18H2,1-2H3/p+1. The molecule has 0 spiro atoms. The molecule has 3 aromatic rings. The molecule has 2 aromatic carbocycles. The van der Waals surface area contributed by atoms with Crippen molar-refractivity contribution in [1.29, 1.82) is 0 Å². The molecule has 0 aliphatic carbocycles. The van der Waals surface area contributed by atoms with Crippen molar-refractivity contribution < 1.29 is 9.36 Å². The Kier molecular flexibility index (Phi) is 7.57.